The maximum absolute atomic E-state index is 11.3. The average Bonchev–Trinajstić information content (AvgIpc) is 2.24. The Morgan fingerprint density at radius 2 is 2.12 bits per heavy atom. The van der Waals surface area contributed by atoms with Gasteiger partial charge in [-0.25, -0.2) is 13.6 Å². The number of rotatable bonds is 5. The summed E-state index contributed by atoms with van der Waals surface area (Å²) < 4.78 is 27.7. The normalized spacial score (nSPS) is 11.4. The van der Waals surface area contributed by atoms with E-state index in [9.17, 15) is 8.42 Å². The summed E-state index contributed by atoms with van der Waals surface area (Å²) in [5.74, 6) is 0.624. The number of nitrogens with one attached hydrogen (secondary N) is 1. The van der Waals surface area contributed by atoms with Crippen molar-refractivity contribution in [2.75, 3.05) is 20.7 Å². The van der Waals surface area contributed by atoms with Crippen LogP contribution in [0.5, 0.6) is 5.75 Å². The van der Waals surface area contributed by atoms with Gasteiger partial charge in [-0.3, -0.25) is 0 Å². The van der Waals surface area contributed by atoms with Crippen molar-refractivity contribution in [2.24, 2.45) is 5.14 Å². The van der Waals surface area contributed by atoms with Crippen LogP contribution in [0, 0.1) is 0 Å². The number of hydrogen-bond donors (Lipinski definition) is 2. The van der Waals surface area contributed by atoms with Crippen LogP contribution in [-0.2, 0) is 16.4 Å². The number of benzene rings is 1. The average molecular weight is 244 g/mol. The number of ether oxygens (including phenoxy) is 1. The number of likely N-dealkylation sites (N-methyl/N-ethyl adjacent to an activating group) is 1. The van der Waals surface area contributed by atoms with Crippen molar-refractivity contribution in [1.82, 2.24) is 5.32 Å². The second-order valence-corrected chi connectivity index (χ2v) is 4.90. The van der Waals surface area contributed by atoms with Gasteiger partial charge in [-0.2, -0.15) is 0 Å². The summed E-state index contributed by atoms with van der Waals surface area (Å²) in [6, 6.07) is 4.75. The summed E-state index contributed by atoms with van der Waals surface area (Å²) in [5.41, 5.74) is 0.663. The Kier molecular flexibility index (Phi) is 4.28. The van der Waals surface area contributed by atoms with E-state index in [4.69, 9.17) is 9.88 Å². The predicted molar refractivity (Wildman–Crippen MR) is 62.0 cm³/mol. The Balaban J connectivity index is 3.16. The summed E-state index contributed by atoms with van der Waals surface area (Å²) in [6.45, 7) is 0.676. The Bertz CT molecular complexity index is 457. The molecule has 1 aromatic rings. The Morgan fingerprint density at radius 1 is 1.44 bits per heavy atom. The number of sulfonamides is 1. The minimum Gasteiger partial charge on any atom is -0.497 e. The van der Waals surface area contributed by atoms with E-state index >= 15 is 0 Å². The second kappa shape index (κ2) is 5.29. The second-order valence-electron chi connectivity index (χ2n) is 3.37. The van der Waals surface area contributed by atoms with Gasteiger partial charge in [0.25, 0.3) is 0 Å². The van der Waals surface area contributed by atoms with Crippen molar-refractivity contribution >= 4 is 10.0 Å². The first-order valence-electron chi connectivity index (χ1n) is 4.83. The lowest BCUT2D eigenvalue weighted by Gasteiger charge is -2.09. The first kappa shape index (κ1) is 13.0. The van der Waals surface area contributed by atoms with Crippen LogP contribution in [0.15, 0.2) is 23.1 Å². The minimum atomic E-state index is -3.67. The molecule has 0 aliphatic carbocycles. The van der Waals surface area contributed by atoms with E-state index in [-0.39, 0.29) is 4.90 Å². The third kappa shape index (κ3) is 3.19. The molecule has 1 rings (SSSR count). The lowest BCUT2D eigenvalue weighted by atomic mass is 10.1. The Labute approximate surface area is 95.7 Å². The molecule has 0 bridgehead atoms. The van der Waals surface area contributed by atoms with Crippen molar-refractivity contribution in [3.8, 4) is 5.75 Å². The monoisotopic (exact) mass is 244 g/mol. The highest BCUT2D eigenvalue weighted by atomic mass is 32.2. The van der Waals surface area contributed by atoms with E-state index in [1.54, 1.807) is 19.2 Å². The predicted octanol–water partition coefficient (Wildman–Crippen LogP) is 0.104. The molecule has 0 amide bonds. The fourth-order valence-electron chi connectivity index (χ4n) is 1.42. The van der Waals surface area contributed by atoms with Gasteiger partial charge in [0.15, 0.2) is 0 Å². The van der Waals surface area contributed by atoms with Gasteiger partial charge >= 0.3 is 0 Å². The highest BCUT2D eigenvalue weighted by Gasteiger charge is 2.14. The Morgan fingerprint density at radius 3 is 2.62 bits per heavy atom. The molecule has 5 nitrogen and oxygen atoms in total. The number of methoxy groups -OCH3 is 1. The molecule has 0 spiro atoms. The quantitative estimate of drug-likeness (QED) is 0.770. The zero-order chi connectivity index (χ0) is 12.2. The lowest BCUT2D eigenvalue weighted by Crippen LogP contribution is -2.17. The molecule has 0 aliphatic rings. The van der Waals surface area contributed by atoms with Crippen LogP contribution in [0.3, 0.4) is 0 Å². The Hall–Kier alpha value is -1.11. The zero-order valence-electron chi connectivity index (χ0n) is 9.36. The summed E-state index contributed by atoms with van der Waals surface area (Å²) in [6.07, 6.45) is 0.583. The van der Waals surface area contributed by atoms with Crippen LogP contribution < -0.4 is 15.2 Å². The molecule has 3 N–H and O–H groups in total. The van der Waals surface area contributed by atoms with Gasteiger partial charge in [0.05, 0.1) is 12.0 Å². The summed E-state index contributed by atoms with van der Waals surface area (Å²) in [7, 11) is -0.334. The van der Waals surface area contributed by atoms with Crippen molar-refractivity contribution in [2.45, 2.75) is 11.3 Å². The van der Waals surface area contributed by atoms with Crippen molar-refractivity contribution in [1.29, 1.82) is 0 Å². The minimum absolute atomic E-state index is 0.156. The van der Waals surface area contributed by atoms with E-state index < -0.39 is 10.0 Å². The van der Waals surface area contributed by atoms with E-state index in [1.807, 2.05) is 0 Å². The first-order valence-corrected chi connectivity index (χ1v) is 6.38. The standard InChI is InChI=1S/C10H16N2O3S/c1-12-6-5-8-7-9(15-2)3-4-10(8)16(11,13)14/h3-4,7,12H,5-6H2,1-2H3,(H2,11,13,14). The largest absolute Gasteiger partial charge is 0.497 e. The molecule has 0 saturated heterocycles. The van der Waals surface area contributed by atoms with Gasteiger partial charge < -0.3 is 10.1 Å². The molecular weight excluding hydrogens is 228 g/mol. The highest BCUT2D eigenvalue weighted by Crippen LogP contribution is 2.21. The molecule has 0 unspecified atom stereocenters. The van der Waals surface area contributed by atoms with Gasteiger partial charge in [0.1, 0.15) is 5.75 Å². The molecule has 0 atom stereocenters. The van der Waals surface area contributed by atoms with Crippen molar-refractivity contribution in [3.05, 3.63) is 23.8 Å². The molecule has 0 aromatic heterocycles. The van der Waals surface area contributed by atoms with E-state index in [2.05, 4.69) is 5.32 Å². The fraction of sp³-hybridized carbons (Fsp3) is 0.400. The zero-order valence-corrected chi connectivity index (χ0v) is 10.2. The smallest absolute Gasteiger partial charge is 0.238 e. The van der Waals surface area contributed by atoms with Crippen LogP contribution >= 0.6 is 0 Å². The van der Waals surface area contributed by atoms with Gasteiger partial charge in [0, 0.05) is 0 Å². The first-order chi connectivity index (χ1) is 7.49. The maximum Gasteiger partial charge on any atom is 0.238 e. The summed E-state index contributed by atoms with van der Waals surface area (Å²) in [4.78, 5) is 0.156. The molecular formula is C10H16N2O3S. The SMILES string of the molecule is CNCCc1cc(OC)ccc1S(N)(=O)=O. The van der Waals surface area contributed by atoms with E-state index in [1.165, 1.54) is 13.2 Å². The van der Waals surface area contributed by atoms with Crippen molar-refractivity contribution in [3.63, 3.8) is 0 Å². The van der Waals surface area contributed by atoms with Crippen molar-refractivity contribution < 1.29 is 13.2 Å². The molecule has 0 fully saturated rings. The highest BCUT2D eigenvalue weighted by molar-refractivity contribution is 7.89. The topological polar surface area (TPSA) is 81.4 Å². The van der Waals surface area contributed by atoms with Gasteiger partial charge in [-0.1, -0.05) is 0 Å². The van der Waals surface area contributed by atoms with Crippen LogP contribution in [0.2, 0.25) is 0 Å². The lowest BCUT2D eigenvalue weighted by molar-refractivity contribution is 0.413. The van der Waals surface area contributed by atoms with Gasteiger partial charge in [0.2, 0.25) is 10.0 Å². The molecule has 0 heterocycles. The molecule has 16 heavy (non-hydrogen) atoms. The molecule has 0 saturated carbocycles. The van der Waals surface area contributed by atoms with Crippen LogP contribution in [-0.4, -0.2) is 29.1 Å². The van der Waals surface area contributed by atoms with E-state index in [0.717, 1.165) is 0 Å². The van der Waals surface area contributed by atoms with Gasteiger partial charge in [-0.05, 0) is 43.8 Å². The maximum atomic E-state index is 11.3. The van der Waals surface area contributed by atoms with E-state index in [0.29, 0.717) is 24.3 Å². The van der Waals surface area contributed by atoms with Crippen LogP contribution in [0.1, 0.15) is 5.56 Å². The summed E-state index contributed by atoms with van der Waals surface area (Å²) in [5, 5.41) is 8.09. The number of hydrogen-bond acceptors (Lipinski definition) is 4. The molecule has 0 aliphatic heterocycles. The molecule has 1 aromatic carbocycles. The van der Waals surface area contributed by atoms with Crippen LogP contribution in [0.25, 0.3) is 0 Å². The third-order valence-corrected chi connectivity index (χ3v) is 3.23. The number of primary sulfonamides is 1. The molecule has 6 heteroatoms. The van der Waals surface area contributed by atoms with Gasteiger partial charge in [-0.15, -0.1) is 0 Å². The van der Waals surface area contributed by atoms with Crippen LogP contribution in [0.4, 0.5) is 0 Å². The molecule has 0 radical (unpaired) electrons. The molecule has 90 valence electrons. The summed E-state index contributed by atoms with van der Waals surface area (Å²) >= 11 is 0. The fourth-order valence-corrected chi connectivity index (χ4v) is 2.20. The number of nitrogens with two attached hydrogens (primary N) is 1. The third-order valence-electron chi connectivity index (χ3n) is 2.22.